The molecule has 2 aliphatic heterocycles. The van der Waals surface area contributed by atoms with Gasteiger partial charge in [0, 0.05) is 32.8 Å². The number of nitrogens with zero attached hydrogens (tertiary/aromatic N) is 3. The van der Waals surface area contributed by atoms with Crippen LogP contribution in [0.1, 0.15) is 24.1 Å². The van der Waals surface area contributed by atoms with Crippen LogP contribution in [0.25, 0.3) is 0 Å². The number of hydrogen-bond acceptors (Lipinski definition) is 6. The molecule has 0 spiro atoms. The number of hydrogen-bond donors (Lipinski definition) is 1. The highest BCUT2D eigenvalue weighted by molar-refractivity contribution is 5.80. The van der Waals surface area contributed by atoms with Gasteiger partial charge in [0.1, 0.15) is 11.9 Å². The predicted molar refractivity (Wildman–Crippen MR) is 96.6 cm³/mol. The summed E-state index contributed by atoms with van der Waals surface area (Å²) < 4.78 is 10.8. The quantitative estimate of drug-likeness (QED) is 0.860. The van der Waals surface area contributed by atoms with E-state index in [0.717, 1.165) is 12.8 Å². The summed E-state index contributed by atoms with van der Waals surface area (Å²) in [5, 5.41) is 12.3. The molecule has 3 rings (SSSR count). The smallest absolute Gasteiger partial charge is 0.227 e. The molecule has 7 heteroatoms. The third-order valence-corrected chi connectivity index (χ3v) is 5.18. The van der Waals surface area contributed by atoms with Crippen LogP contribution in [0, 0.1) is 30.1 Å². The average molecular weight is 358 g/mol. The van der Waals surface area contributed by atoms with Gasteiger partial charge in [0.2, 0.25) is 5.91 Å². The number of nitriles is 1. The van der Waals surface area contributed by atoms with E-state index >= 15 is 0 Å². The molecule has 0 saturated carbocycles. The highest BCUT2D eigenvalue weighted by atomic mass is 16.5. The highest BCUT2D eigenvalue weighted by Crippen LogP contribution is 2.26. The van der Waals surface area contributed by atoms with Crippen LogP contribution in [-0.2, 0) is 14.3 Å². The molecule has 1 unspecified atom stereocenters. The fourth-order valence-corrected chi connectivity index (χ4v) is 3.58. The molecular formula is C19H26N4O3. The second-order valence-corrected chi connectivity index (χ2v) is 6.82. The lowest BCUT2D eigenvalue weighted by Crippen LogP contribution is -2.48. The second kappa shape index (κ2) is 8.97. The third kappa shape index (κ3) is 4.51. The zero-order valence-electron chi connectivity index (χ0n) is 15.2. The normalized spacial score (nSPS) is 19.6. The molecule has 2 saturated heterocycles. The molecule has 140 valence electrons. The van der Waals surface area contributed by atoms with E-state index in [-0.39, 0.29) is 11.8 Å². The third-order valence-electron chi connectivity index (χ3n) is 5.18. The lowest BCUT2D eigenvalue weighted by molar-refractivity contribution is -0.142. The van der Waals surface area contributed by atoms with E-state index in [1.165, 1.54) is 0 Å². The van der Waals surface area contributed by atoms with Gasteiger partial charge in [-0.2, -0.15) is 5.26 Å². The lowest BCUT2D eigenvalue weighted by Gasteiger charge is -2.35. The minimum Gasteiger partial charge on any atom is -0.381 e. The Hall–Kier alpha value is -2.17. The van der Waals surface area contributed by atoms with Gasteiger partial charge in [-0.1, -0.05) is 0 Å². The van der Waals surface area contributed by atoms with Crippen LogP contribution in [0.3, 0.4) is 0 Å². The van der Waals surface area contributed by atoms with Gasteiger partial charge in [-0.05, 0) is 37.8 Å². The first-order valence-electron chi connectivity index (χ1n) is 9.25. The average Bonchev–Trinajstić information content (AvgIpc) is 2.69. The van der Waals surface area contributed by atoms with Gasteiger partial charge in [0.25, 0.3) is 0 Å². The van der Waals surface area contributed by atoms with Crippen LogP contribution in [-0.4, -0.2) is 61.9 Å². The maximum absolute atomic E-state index is 13.1. The summed E-state index contributed by atoms with van der Waals surface area (Å²) in [5.74, 6) is 1.10. The number of anilines is 1. The Kier molecular flexibility index (Phi) is 6.42. The number of nitrogens with one attached hydrogen (secondary N) is 1. The van der Waals surface area contributed by atoms with Crippen molar-refractivity contribution < 1.29 is 14.3 Å². The molecule has 1 amide bonds. The van der Waals surface area contributed by atoms with E-state index in [0.29, 0.717) is 69.1 Å². The summed E-state index contributed by atoms with van der Waals surface area (Å²) in [5.41, 5.74) is 1.26. The van der Waals surface area contributed by atoms with Crippen molar-refractivity contribution in [1.82, 2.24) is 9.88 Å². The molecule has 1 aromatic heterocycles. The van der Waals surface area contributed by atoms with Crippen LogP contribution in [0.4, 0.5) is 5.82 Å². The van der Waals surface area contributed by atoms with Crippen LogP contribution < -0.4 is 5.32 Å². The Morgan fingerprint density at radius 2 is 2.00 bits per heavy atom. The Labute approximate surface area is 154 Å². The van der Waals surface area contributed by atoms with Crippen molar-refractivity contribution in [3.63, 3.8) is 0 Å². The zero-order valence-corrected chi connectivity index (χ0v) is 15.2. The first-order chi connectivity index (χ1) is 12.7. The number of morpholine rings is 1. The van der Waals surface area contributed by atoms with Crippen LogP contribution in [0.2, 0.25) is 0 Å². The van der Waals surface area contributed by atoms with Gasteiger partial charge in [0.15, 0.2) is 0 Å². The van der Waals surface area contributed by atoms with Gasteiger partial charge in [-0.15, -0.1) is 0 Å². The molecule has 0 radical (unpaired) electrons. The van der Waals surface area contributed by atoms with Gasteiger partial charge in [-0.3, -0.25) is 4.79 Å². The van der Waals surface area contributed by atoms with E-state index in [2.05, 4.69) is 16.4 Å². The zero-order chi connectivity index (χ0) is 18.4. The summed E-state index contributed by atoms with van der Waals surface area (Å²) in [6, 6.07) is 5.68. The SMILES string of the molecule is Cc1nc(NCC(C(=O)N2CCOCC2)C2CCOCC2)ccc1C#N. The predicted octanol–water partition coefficient (Wildman–Crippen LogP) is 1.58. The van der Waals surface area contributed by atoms with Crippen molar-refractivity contribution in [2.24, 2.45) is 11.8 Å². The number of aryl methyl sites for hydroxylation is 1. The number of aromatic nitrogens is 1. The minimum atomic E-state index is -0.102. The highest BCUT2D eigenvalue weighted by Gasteiger charge is 2.33. The number of amides is 1. The number of pyridine rings is 1. The fourth-order valence-electron chi connectivity index (χ4n) is 3.58. The molecule has 1 aromatic rings. The van der Waals surface area contributed by atoms with Crippen LogP contribution in [0.5, 0.6) is 0 Å². The molecule has 26 heavy (non-hydrogen) atoms. The molecule has 1 atom stereocenters. The summed E-state index contributed by atoms with van der Waals surface area (Å²) >= 11 is 0. The van der Waals surface area contributed by atoms with Crippen molar-refractivity contribution >= 4 is 11.7 Å². The maximum Gasteiger partial charge on any atom is 0.227 e. The van der Waals surface area contributed by atoms with Crippen molar-refractivity contribution in [3.8, 4) is 6.07 Å². The molecule has 2 fully saturated rings. The molecule has 0 aliphatic carbocycles. The van der Waals surface area contributed by atoms with E-state index in [1.807, 2.05) is 11.8 Å². The molecule has 7 nitrogen and oxygen atoms in total. The standard InChI is InChI=1S/C19H26N4O3/c1-14-16(12-20)2-3-18(22-14)21-13-17(15-4-8-25-9-5-15)19(24)23-6-10-26-11-7-23/h2-3,15,17H,4-11,13H2,1H3,(H,21,22). The second-order valence-electron chi connectivity index (χ2n) is 6.82. The van der Waals surface area contributed by atoms with E-state index in [9.17, 15) is 4.79 Å². The monoisotopic (exact) mass is 358 g/mol. The lowest BCUT2D eigenvalue weighted by atomic mass is 9.84. The molecule has 0 bridgehead atoms. The minimum absolute atomic E-state index is 0.102. The van der Waals surface area contributed by atoms with E-state index in [4.69, 9.17) is 14.7 Å². The Morgan fingerprint density at radius 3 is 2.65 bits per heavy atom. The fraction of sp³-hybridized carbons (Fsp3) is 0.632. The van der Waals surface area contributed by atoms with Crippen LogP contribution >= 0.6 is 0 Å². The number of rotatable bonds is 5. The number of ether oxygens (including phenoxy) is 2. The summed E-state index contributed by atoms with van der Waals surface area (Å²) in [4.78, 5) is 19.5. The van der Waals surface area contributed by atoms with Gasteiger partial charge in [0.05, 0.1) is 30.4 Å². The Morgan fingerprint density at radius 1 is 1.31 bits per heavy atom. The van der Waals surface area contributed by atoms with E-state index < -0.39 is 0 Å². The first kappa shape index (κ1) is 18.6. The summed E-state index contributed by atoms with van der Waals surface area (Å²) in [6.45, 7) is 6.32. The van der Waals surface area contributed by atoms with Gasteiger partial charge >= 0.3 is 0 Å². The Bertz CT molecular complexity index is 661. The molecular weight excluding hydrogens is 332 g/mol. The van der Waals surface area contributed by atoms with E-state index in [1.54, 1.807) is 12.1 Å². The Balaban J connectivity index is 1.69. The summed E-state index contributed by atoms with van der Waals surface area (Å²) in [7, 11) is 0. The maximum atomic E-state index is 13.1. The molecule has 1 N–H and O–H groups in total. The van der Waals surface area contributed by atoms with Crippen molar-refractivity contribution in [2.45, 2.75) is 19.8 Å². The van der Waals surface area contributed by atoms with Crippen LogP contribution in [0.15, 0.2) is 12.1 Å². The number of carbonyl (C=O) groups excluding carboxylic acids is 1. The molecule has 3 heterocycles. The van der Waals surface area contributed by atoms with Gasteiger partial charge < -0.3 is 19.7 Å². The van der Waals surface area contributed by atoms with Crippen molar-refractivity contribution in [2.75, 3.05) is 51.4 Å². The van der Waals surface area contributed by atoms with Gasteiger partial charge in [-0.25, -0.2) is 4.98 Å². The van der Waals surface area contributed by atoms with Crippen molar-refractivity contribution in [3.05, 3.63) is 23.4 Å². The largest absolute Gasteiger partial charge is 0.381 e. The van der Waals surface area contributed by atoms with Crippen molar-refractivity contribution in [1.29, 1.82) is 5.26 Å². The summed E-state index contributed by atoms with van der Waals surface area (Å²) in [6.07, 6.45) is 1.81. The topological polar surface area (TPSA) is 87.5 Å². The molecule has 2 aliphatic rings. The number of carbonyl (C=O) groups is 1. The first-order valence-corrected chi connectivity index (χ1v) is 9.25. The molecule has 0 aromatic carbocycles.